The minimum absolute atomic E-state index is 0.0806. The number of hydrogen-bond donors (Lipinski definition) is 0. The maximum atomic E-state index is 13.0. The third-order valence-corrected chi connectivity index (χ3v) is 5.47. The molecule has 27 heavy (non-hydrogen) atoms. The van der Waals surface area contributed by atoms with Crippen LogP contribution in [0.1, 0.15) is 22.2 Å². The summed E-state index contributed by atoms with van der Waals surface area (Å²) in [7, 11) is 0. The number of furan rings is 1. The largest absolute Gasteiger partial charge is 0.457 e. The molecule has 0 N–H and O–H groups in total. The number of anilines is 1. The molecule has 0 spiro atoms. The number of benzene rings is 2. The number of para-hydroxylation sites is 1. The number of rotatable bonds is 4. The van der Waals surface area contributed by atoms with E-state index in [0.29, 0.717) is 0 Å². The van der Waals surface area contributed by atoms with Crippen LogP contribution in [0.25, 0.3) is 0 Å². The molecule has 0 saturated carbocycles. The lowest BCUT2D eigenvalue weighted by Gasteiger charge is -2.37. The Morgan fingerprint density at radius 3 is 2.59 bits per heavy atom. The third kappa shape index (κ3) is 3.61. The predicted molar refractivity (Wildman–Crippen MR) is 103 cm³/mol. The lowest BCUT2D eigenvalue weighted by Crippen LogP contribution is -2.41. The van der Waals surface area contributed by atoms with Gasteiger partial charge in [0.15, 0.2) is 6.61 Å². The minimum atomic E-state index is -0.649. The van der Waals surface area contributed by atoms with Gasteiger partial charge in [0.25, 0.3) is 5.91 Å². The number of amides is 1. The monoisotopic (exact) mass is 379 g/mol. The summed E-state index contributed by atoms with van der Waals surface area (Å²) in [6.07, 6.45) is 1.39. The predicted octanol–water partition coefficient (Wildman–Crippen LogP) is 4.32. The summed E-state index contributed by atoms with van der Waals surface area (Å²) in [5, 5.41) is 0. The first-order valence-electron chi connectivity index (χ1n) is 8.53. The normalized spacial score (nSPS) is 15.9. The molecule has 3 aromatic rings. The summed E-state index contributed by atoms with van der Waals surface area (Å²) in [5.74, 6) is -0.100. The van der Waals surface area contributed by atoms with Crippen molar-refractivity contribution >= 4 is 29.3 Å². The number of carbonyl (C=O) groups is 2. The maximum absolute atomic E-state index is 13.0. The van der Waals surface area contributed by atoms with E-state index in [-0.39, 0.29) is 24.3 Å². The fraction of sp³-hybridized carbons (Fsp3) is 0.143. The Hall–Kier alpha value is -2.99. The topological polar surface area (TPSA) is 59.8 Å². The fourth-order valence-electron chi connectivity index (χ4n) is 3.08. The van der Waals surface area contributed by atoms with Crippen molar-refractivity contribution in [3.05, 3.63) is 84.3 Å². The van der Waals surface area contributed by atoms with Gasteiger partial charge in [0, 0.05) is 10.6 Å². The van der Waals surface area contributed by atoms with Crippen molar-refractivity contribution in [1.29, 1.82) is 0 Å². The summed E-state index contributed by atoms with van der Waals surface area (Å²) in [4.78, 5) is 27.8. The van der Waals surface area contributed by atoms with Gasteiger partial charge in [-0.15, -0.1) is 11.8 Å². The molecule has 0 aliphatic carbocycles. The molecule has 4 rings (SSSR count). The number of fused-ring (bicyclic) bond motifs is 1. The van der Waals surface area contributed by atoms with Crippen molar-refractivity contribution in [3.8, 4) is 0 Å². The molecule has 0 bridgehead atoms. The van der Waals surface area contributed by atoms with Crippen molar-refractivity contribution in [2.45, 2.75) is 10.9 Å². The van der Waals surface area contributed by atoms with Crippen molar-refractivity contribution < 1.29 is 18.7 Å². The smallest absolute Gasteiger partial charge is 0.374 e. The highest BCUT2D eigenvalue weighted by molar-refractivity contribution is 7.99. The highest BCUT2D eigenvalue weighted by atomic mass is 32.2. The van der Waals surface area contributed by atoms with Gasteiger partial charge in [0.2, 0.25) is 5.76 Å². The Morgan fingerprint density at radius 1 is 1.04 bits per heavy atom. The van der Waals surface area contributed by atoms with Crippen LogP contribution in [0.4, 0.5) is 5.69 Å². The van der Waals surface area contributed by atoms with Crippen LogP contribution in [0, 0.1) is 0 Å². The molecular weight excluding hydrogens is 362 g/mol. The third-order valence-electron chi connectivity index (χ3n) is 4.34. The van der Waals surface area contributed by atoms with Crippen LogP contribution in [0.2, 0.25) is 0 Å². The lowest BCUT2D eigenvalue weighted by molar-refractivity contribution is -0.122. The zero-order valence-electron chi connectivity index (χ0n) is 14.4. The molecule has 5 nitrogen and oxygen atoms in total. The quantitative estimate of drug-likeness (QED) is 0.632. The summed E-state index contributed by atoms with van der Waals surface area (Å²) >= 11 is 1.72. The molecular formula is C21H17NO4S. The molecule has 6 heteroatoms. The van der Waals surface area contributed by atoms with Crippen molar-refractivity contribution in [2.75, 3.05) is 17.3 Å². The van der Waals surface area contributed by atoms with Crippen molar-refractivity contribution in [3.63, 3.8) is 0 Å². The highest BCUT2D eigenvalue weighted by Gasteiger charge is 2.33. The zero-order valence-corrected chi connectivity index (χ0v) is 15.2. The van der Waals surface area contributed by atoms with E-state index < -0.39 is 5.97 Å². The Morgan fingerprint density at radius 2 is 1.81 bits per heavy atom. The van der Waals surface area contributed by atoms with E-state index in [9.17, 15) is 9.59 Å². The van der Waals surface area contributed by atoms with Gasteiger partial charge in [0.05, 0.1) is 18.0 Å². The van der Waals surface area contributed by atoms with Crippen LogP contribution in [0.3, 0.4) is 0 Å². The van der Waals surface area contributed by atoms with E-state index in [4.69, 9.17) is 9.15 Å². The molecule has 1 atom stereocenters. The SMILES string of the molecule is O=C(OCC(=O)N1c2ccccc2SC[C@H]1c1ccccc1)c1ccco1. The minimum Gasteiger partial charge on any atom is -0.457 e. The van der Waals surface area contributed by atoms with E-state index in [1.54, 1.807) is 22.7 Å². The molecule has 0 unspecified atom stereocenters. The first kappa shape index (κ1) is 17.4. The number of ether oxygens (including phenoxy) is 1. The first-order chi connectivity index (χ1) is 13.2. The molecule has 136 valence electrons. The van der Waals surface area contributed by atoms with E-state index >= 15 is 0 Å². The number of carbonyl (C=O) groups excluding carboxylic acids is 2. The van der Waals surface area contributed by atoms with E-state index in [2.05, 4.69) is 0 Å². The molecule has 0 radical (unpaired) electrons. The Balaban J connectivity index is 1.59. The summed E-state index contributed by atoms with van der Waals surface area (Å²) in [6, 6.07) is 20.6. The summed E-state index contributed by atoms with van der Waals surface area (Å²) in [6.45, 7) is -0.345. The Labute approximate surface area is 160 Å². The molecule has 2 aromatic carbocycles. The summed E-state index contributed by atoms with van der Waals surface area (Å²) < 4.78 is 10.2. The van der Waals surface area contributed by atoms with Gasteiger partial charge in [-0.3, -0.25) is 9.69 Å². The maximum Gasteiger partial charge on any atom is 0.374 e. The second-order valence-electron chi connectivity index (χ2n) is 6.02. The van der Waals surface area contributed by atoms with Crippen LogP contribution in [-0.2, 0) is 9.53 Å². The Bertz CT molecular complexity index is 940. The average Bonchev–Trinajstić information content (AvgIpc) is 3.26. The lowest BCUT2D eigenvalue weighted by atomic mass is 10.1. The number of nitrogens with zero attached hydrogens (tertiary/aromatic N) is 1. The van der Waals surface area contributed by atoms with E-state index in [0.717, 1.165) is 21.9 Å². The number of esters is 1. The van der Waals surface area contributed by atoms with Crippen LogP contribution >= 0.6 is 11.8 Å². The van der Waals surface area contributed by atoms with Crippen LogP contribution in [0.5, 0.6) is 0 Å². The summed E-state index contributed by atoms with van der Waals surface area (Å²) in [5.41, 5.74) is 1.88. The van der Waals surface area contributed by atoms with Gasteiger partial charge in [-0.25, -0.2) is 4.79 Å². The number of hydrogen-bond acceptors (Lipinski definition) is 5. The van der Waals surface area contributed by atoms with Crippen LogP contribution in [0.15, 0.2) is 82.3 Å². The molecule has 2 heterocycles. The van der Waals surface area contributed by atoms with Gasteiger partial charge >= 0.3 is 5.97 Å². The van der Waals surface area contributed by atoms with Gasteiger partial charge in [-0.1, -0.05) is 42.5 Å². The van der Waals surface area contributed by atoms with Gasteiger partial charge < -0.3 is 9.15 Å². The van der Waals surface area contributed by atoms with Crippen molar-refractivity contribution in [1.82, 2.24) is 0 Å². The number of thioether (sulfide) groups is 1. The van der Waals surface area contributed by atoms with Gasteiger partial charge in [0.1, 0.15) is 0 Å². The molecule has 0 fully saturated rings. The average molecular weight is 379 g/mol. The standard InChI is InChI=1S/C21H17NO4S/c23-20(13-26-21(24)18-10-6-12-25-18)22-16-9-4-5-11-19(16)27-14-17(22)15-7-2-1-3-8-15/h1-12,17H,13-14H2/t17-/m0/s1. The van der Waals surface area contributed by atoms with Gasteiger partial charge in [-0.2, -0.15) is 0 Å². The van der Waals surface area contributed by atoms with E-state index in [1.165, 1.54) is 12.3 Å². The fourth-order valence-corrected chi connectivity index (χ4v) is 4.25. The second-order valence-corrected chi connectivity index (χ2v) is 7.08. The zero-order chi connectivity index (χ0) is 18.6. The highest BCUT2D eigenvalue weighted by Crippen LogP contribution is 2.43. The first-order valence-corrected chi connectivity index (χ1v) is 9.52. The molecule has 0 saturated heterocycles. The van der Waals surface area contributed by atoms with Gasteiger partial charge in [-0.05, 0) is 29.8 Å². The van der Waals surface area contributed by atoms with Crippen LogP contribution < -0.4 is 4.90 Å². The van der Waals surface area contributed by atoms with Crippen LogP contribution in [-0.4, -0.2) is 24.2 Å². The van der Waals surface area contributed by atoms with Crippen molar-refractivity contribution in [2.24, 2.45) is 0 Å². The molecule has 1 aliphatic rings. The molecule has 1 amide bonds. The van der Waals surface area contributed by atoms with E-state index in [1.807, 2.05) is 54.6 Å². The second kappa shape index (κ2) is 7.72. The molecule has 1 aliphatic heterocycles. The molecule has 1 aromatic heterocycles. The Kier molecular flexibility index (Phi) is 4.98.